The van der Waals surface area contributed by atoms with Crippen LogP contribution >= 0.6 is 0 Å². The Morgan fingerprint density at radius 1 is 0.619 bits per heavy atom. The molecule has 0 unspecified atom stereocenters. The molecule has 0 saturated carbocycles. The van der Waals surface area contributed by atoms with Gasteiger partial charge in [0.25, 0.3) is 0 Å². The molecule has 0 N–H and O–H groups in total. The van der Waals surface area contributed by atoms with Gasteiger partial charge in [0, 0.05) is 37.3 Å². The molecule has 1 fully saturated rings. The Kier molecular flexibility index (Phi) is 5.28. The van der Waals surface area contributed by atoms with Gasteiger partial charge in [-0.05, 0) is 51.9 Å². The van der Waals surface area contributed by atoms with Crippen LogP contribution in [0.1, 0.15) is 75.7 Å². The van der Waals surface area contributed by atoms with Crippen LogP contribution < -0.4 is 0 Å². The molecule has 21 heavy (non-hydrogen) atoms. The van der Waals surface area contributed by atoms with Crippen molar-refractivity contribution in [2.45, 2.75) is 86.7 Å². The second-order valence-corrected chi connectivity index (χ2v) is 10.3. The van der Waals surface area contributed by atoms with Gasteiger partial charge in [0.2, 0.25) is 0 Å². The van der Waals surface area contributed by atoms with E-state index in [0.29, 0.717) is 16.4 Å². The summed E-state index contributed by atoms with van der Waals surface area (Å²) >= 11 is 0. The summed E-state index contributed by atoms with van der Waals surface area (Å²) in [5.74, 6) is 0. The fourth-order valence-corrected chi connectivity index (χ4v) is 3.91. The van der Waals surface area contributed by atoms with Gasteiger partial charge in [-0.3, -0.25) is 9.80 Å². The minimum Gasteiger partial charge on any atom is -0.296 e. The third kappa shape index (κ3) is 4.69. The molecule has 0 aromatic heterocycles. The van der Waals surface area contributed by atoms with Gasteiger partial charge in [0.05, 0.1) is 0 Å². The summed E-state index contributed by atoms with van der Waals surface area (Å²) in [6.45, 7) is 28.7. The van der Waals surface area contributed by atoms with Crippen molar-refractivity contribution >= 4 is 0 Å². The molecule has 0 spiro atoms. The highest BCUT2D eigenvalue weighted by Gasteiger charge is 2.44. The first kappa shape index (κ1) is 19.0. The zero-order valence-electron chi connectivity index (χ0n) is 16.4. The standard InChI is InChI=1S/C19H40N2/c1-16(2,3)15-18(7,8)19(9,10)21-13-11-20(12-14-21)17(4,5)6/h11-15H2,1-10H3. The van der Waals surface area contributed by atoms with Crippen LogP contribution in [0.25, 0.3) is 0 Å². The highest BCUT2D eigenvalue weighted by Crippen LogP contribution is 2.44. The average Bonchev–Trinajstić information content (AvgIpc) is 2.24. The predicted octanol–water partition coefficient (Wildman–Crippen LogP) is 4.64. The van der Waals surface area contributed by atoms with Crippen molar-refractivity contribution in [1.82, 2.24) is 9.80 Å². The quantitative estimate of drug-likeness (QED) is 0.748. The minimum absolute atomic E-state index is 0.240. The maximum atomic E-state index is 2.72. The van der Waals surface area contributed by atoms with Crippen LogP contribution in [0.15, 0.2) is 0 Å². The summed E-state index contributed by atoms with van der Waals surface area (Å²) in [6, 6.07) is 0. The second kappa shape index (κ2) is 5.85. The van der Waals surface area contributed by atoms with Crippen LogP contribution in [0.4, 0.5) is 0 Å². The topological polar surface area (TPSA) is 6.48 Å². The maximum absolute atomic E-state index is 2.72. The summed E-state index contributed by atoms with van der Waals surface area (Å²) in [6.07, 6.45) is 1.26. The first-order valence-corrected chi connectivity index (χ1v) is 8.67. The van der Waals surface area contributed by atoms with Crippen LogP contribution in [-0.4, -0.2) is 47.1 Å². The SMILES string of the molecule is CC(C)(C)CC(C)(C)C(C)(C)N1CCN(C(C)(C)C)CC1. The third-order valence-electron chi connectivity index (χ3n) is 5.65. The summed E-state index contributed by atoms with van der Waals surface area (Å²) in [5, 5.41) is 0. The molecule has 0 aliphatic carbocycles. The highest BCUT2D eigenvalue weighted by atomic mass is 15.3. The van der Waals surface area contributed by atoms with Gasteiger partial charge in [-0.2, -0.15) is 0 Å². The molecule has 0 aromatic carbocycles. The first-order valence-electron chi connectivity index (χ1n) is 8.67. The van der Waals surface area contributed by atoms with E-state index in [9.17, 15) is 0 Å². The molecule has 2 heteroatoms. The Labute approximate surface area is 134 Å². The highest BCUT2D eigenvalue weighted by molar-refractivity contribution is 4.99. The van der Waals surface area contributed by atoms with Crippen LogP contribution in [-0.2, 0) is 0 Å². The van der Waals surface area contributed by atoms with Gasteiger partial charge in [-0.1, -0.05) is 34.6 Å². The maximum Gasteiger partial charge on any atom is 0.0205 e. The zero-order chi connectivity index (χ0) is 16.7. The molecule has 0 bridgehead atoms. The smallest absolute Gasteiger partial charge is 0.0205 e. The van der Waals surface area contributed by atoms with Crippen molar-refractivity contribution < 1.29 is 0 Å². The molecule has 1 aliphatic heterocycles. The molecule has 1 saturated heterocycles. The molecule has 2 nitrogen and oxygen atoms in total. The van der Waals surface area contributed by atoms with Gasteiger partial charge >= 0.3 is 0 Å². The molecule has 0 atom stereocenters. The van der Waals surface area contributed by atoms with Crippen molar-refractivity contribution in [2.75, 3.05) is 26.2 Å². The van der Waals surface area contributed by atoms with Gasteiger partial charge in [0.15, 0.2) is 0 Å². The molecular formula is C19H40N2. The minimum atomic E-state index is 0.240. The van der Waals surface area contributed by atoms with Crippen molar-refractivity contribution in [3.05, 3.63) is 0 Å². The fourth-order valence-electron chi connectivity index (χ4n) is 3.91. The van der Waals surface area contributed by atoms with E-state index in [-0.39, 0.29) is 5.54 Å². The van der Waals surface area contributed by atoms with Crippen molar-refractivity contribution in [3.63, 3.8) is 0 Å². The predicted molar refractivity (Wildman–Crippen MR) is 94.8 cm³/mol. The largest absolute Gasteiger partial charge is 0.296 e. The lowest BCUT2D eigenvalue weighted by Crippen LogP contribution is -2.62. The Morgan fingerprint density at radius 2 is 1.00 bits per heavy atom. The second-order valence-electron chi connectivity index (χ2n) is 10.3. The first-order chi connectivity index (χ1) is 9.17. The molecule has 126 valence electrons. The Balaban J connectivity index is 2.77. The van der Waals surface area contributed by atoms with E-state index in [1.54, 1.807) is 0 Å². The van der Waals surface area contributed by atoms with E-state index in [4.69, 9.17) is 0 Å². The number of piperazine rings is 1. The Morgan fingerprint density at radius 3 is 1.33 bits per heavy atom. The Hall–Kier alpha value is -0.0800. The lowest BCUT2D eigenvalue weighted by Gasteiger charge is -2.55. The lowest BCUT2D eigenvalue weighted by molar-refractivity contribution is -0.0508. The lowest BCUT2D eigenvalue weighted by atomic mass is 9.65. The molecule has 1 rings (SSSR count). The normalized spacial score (nSPS) is 20.9. The van der Waals surface area contributed by atoms with Gasteiger partial charge < -0.3 is 0 Å². The summed E-state index contributed by atoms with van der Waals surface area (Å²) in [5.41, 5.74) is 1.24. The Bertz CT molecular complexity index is 334. The van der Waals surface area contributed by atoms with Crippen molar-refractivity contribution in [3.8, 4) is 0 Å². The van der Waals surface area contributed by atoms with Gasteiger partial charge in [-0.25, -0.2) is 0 Å². The van der Waals surface area contributed by atoms with Crippen molar-refractivity contribution in [2.24, 2.45) is 10.8 Å². The fraction of sp³-hybridized carbons (Fsp3) is 1.00. The molecule has 0 radical (unpaired) electrons. The van der Waals surface area contributed by atoms with E-state index >= 15 is 0 Å². The van der Waals surface area contributed by atoms with Crippen LogP contribution in [0, 0.1) is 10.8 Å². The van der Waals surface area contributed by atoms with E-state index in [0.717, 1.165) is 0 Å². The van der Waals surface area contributed by atoms with Crippen LogP contribution in [0.3, 0.4) is 0 Å². The molecule has 1 aliphatic rings. The van der Waals surface area contributed by atoms with Crippen LogP contribution in [0.2, 0.25) is 0 Å². The molecular weight excluding hydrogens is 256 g/mol. The van der Waals surface area contributed by atoms with Gasteiger partial charge in [0.1, 0.15) is 0 Å². The number of rotatable bonds is 3. The van der Waals surface area contributed by atoms with E-state index in [1.165, 1.54) is 32.6 Å². The molecule has 0 amide bonds. The van der Waals surface area contributed by atoms with Crippen molar-refractivity contribution in [1.29, 1.82) is 0 Å². The number of hydrogen-bond donors (Lipinski definition) is 0. The summed E-state index contributed by atoms with van der Waals surface area (Å²) in [4.78, 5) is 5.34. The average molecular weight is 297 g/mol. The van der Waals surface area contributed by atoms with Crippen LogP contribution in [0.5, 0.6) is 0 Å². The zero-order valence-corrected chi connectivity index (χ0v) is 16.4. The van der Waals surface area contributed by atoms with E-state index in [1.807, 2.05) is 0 Å². The summed E-state index contributed by atoms with van der Waals surface area (Å²) in [7, 11) is 0. The molecule has 0 aromatic rings. The number of hydrogen-bond acceptors (Lipinski definition) is 2. The number of nitrogens with zero attached hydrogens (tertiary/aromatic N) is 2. The third-order valence-corrected chi connectivity index (χ3v) is 5.65. The molecule has 1 heterocycles. The summed E-state index contributed by atoms with van der Waals surface area (Å²) < 4.78 is 0. The van der Waals surface area contributed by atoms with E-state index < -0.39 is 0 Å². The van der Waals surface area contributed by atoms with Gasteiger partial charge in [-0.15, -0.1) is 0 Å². The monoisotopic (exact) mass is 296 g/mol. The van der Waals surface area contributed by atoms with E-state index in [2.05, 4.69) is 79.0 Å².